The molecule has 2 amide bonds. The summed E-state index contributed by atoms with van der Waals surface area (Å²) in [5, 5.41) is 6.14. The van der Waals surface area contributed by atoms with E-state index in [0.29, 0.717) is 16.6 Å². The first-order valence-electron chi connectivity index (χ1n) is 10.1. The van der Waals surface area contributed by atoms with E-state index in [-0.39, 0.29) is 17.6 Å². The highest BCUT2D eigenvalue weighted by molar-refractivity contribution is 7.97. The van der Waals surface area contributed by atoms with Gasteiger partial charge in [0.05, 0.1) is 16.0 Å². The fraction of sp³-hybridized carbons (Fsp3) is 0.208. The summed E-state index contributed by atoms with van der Waals surface area (Å²) < 4.78 is 6.65. The number of hydrogen-bond donors (Lipinski definition) is 2. The number of hydrogen-bond acceptors (Lipinski definition) is 6. The molecule has 0 aliphatic carbocycles. The number of aromatic nitrogens is 1. The van der Waals surface area contributed by atoms with Gasteiger partial charge in [0.15, 0.2) is 10.9 Å². The van der Waals surface area contributed by atoms with Crippen LogP contribution in [0.15, 0.2) is 52.9 Å². The number of thioether (sulfide) groups is 1. The van der Waals surface area contributed by atoms with Crippen molar-refractivity contribution in [1.82, 2.24) is 4.98 Å². The molecule has 2 aromatic carbocycles. The van der Waals surface area contributed by atoms with E-state index in [0.717, 1.165) is 27.3 Å². The summed E-state index contributed by atoms with van der Waals surface area (Å²) in [6.45, 7) is 5.48. The van der Waals surface area contributed by atoms with E-state index >= 15 is 0 Å². The molecule has 0 saturated heterocycles. The number of nitrogens with zero attached hydrogens (tertiary/aromatic N) is 1. The lowest BCUT2D eigenvalue weighted by molar-refractivity contribution is -0.114. The number of carbonyl (C=O) groups excluding carboxylic acids is 2. The van der Waals surface area contributed by atoms with Crippen molar-refractivity contribution in [3.63, 3.8) is 0 Å². The van der Waals surface area contributed by atoms with Crippen LogP contribution in [0.2, 0.25) is 0 Å². The third kappa shape index (κ3) is 5.20. The van der Waals surface area contributed by atoms with Crippen LogP contribution in [-0.4, -0.2) is 16.8 Å². The molecule has 2 heterocycles. The second kappa shape index (κ2) is 9.58. The van der Waals surface area contributed by atoms with Crippen molar-refractivity contribution in [2.45, 2.75) is 32.3 Å². The summed E-state index contributed by atoms with van der Waals surface area (Å²) in [6, 6.07) is 15.6. The molecule has 4 rings (SSSR count). The van der Waals surface area contributed by atoms with Crippen molar-refractivity contribution in [2.75, 3.05) is 10.6 Å². The Morgan fingerprint density at radius 1 is 1.03 bits per heavy atom. The van der Waals surface area contributed by atoms with E-state index in [1.54, 1.807) is 17.8 Å². The van der Waals surface area contributed by atoms with Gasteiger partial charge in [-0.15, -0.1) is 11.8 Å². The number of thiazole rings is 1. The lowest BCUT2D eigenvalue weighted by Crippen LogP contribution is -2.10. The highest BCUT2D eigenvalue weighted by atomic mass is 32.2. The molecule has 164 valence electrons. The van der Waals surface area contributed by atoms with Crippen molar-refractivity contribution in [3.8, 4) is 0 Å². The molecule has 0 fully saturated rings. The van der Waals surface area contributed by atoms with Gasteiger partial charge in [-0.05, 0) is 54.8 Å². The van der Waals surface area contributed by atoms with Gasteiger partial charge in [-0.2, -0.15) is 0 Å². The molecule has 0 bridgehead atoms. The van der Waals surface area contributed by atoms with E-state index in [1.165, 1.54) is 29.4 Å². The van der Waals surface area contributed by atoms with Gasteiger partial charge in [0, 0.05) is 18.4 Å². The highest BCUT2D eigenvalue weighted by Gasteiger charge is 2.14. The van der Waals surface area contributed by atoms with E-state index in [2.05, 4.69) is 34.7 Å². The van der Waals surface area contributed by atoms with Gasteiger partial charge < -0.3 is 15.1 Å². The predicted octanol–water partition coefficient (Wildman–Crippen LogP) is 6.15. The summed E-state index contributed by atoms with van der Waals surface area (Å²) in [7, 11) is 0. The van der Waals surface area contributed by atoms with Gasteiger partial charge in [0.1, 0.15) is 5.76 Å². The molecule has 0 unspecified atom stereocenters. The molecular weight excluding hydrogens is 442 g/mol. The minimum Gasteiger partial charge on any atom is -0.455 e. The van der Waals surface area contributed by atoms with Crippen LogP contribution in [0.3, 0.4) is 0 Å². The van der Waals surface area contributed by atoms with Crippen LogP contribution in [-0.2, 0) is 16.3 Å². The maximum Gasteiger partial charge on any atom is 0.291 e. The molecule has 2 aromatic heterocycles. The van der Waals surface area contributed by atoms with E-state index in [1.807, 2.05) is 37.3 Å². The number of anilines is 2. The number of aryl methyl sites for hydroxylation is 2. The normalized spacial score (nSPS) is 11.0. The summed E-state index contributed by atoms with van der Waals surface area (Å²) >= 11 is 3.12. The minimum atomic E-state index is -0.300. The number of benzene rings is 2. The zero-order valence-corrected chi connectivity index (χ0v) is 19.7. The van der Waals surface area contributed by atoms with Crippen LogP contribution in [0.5, 0.6) is 0 Å². The zero-order valence-electron chi connectivity index (χ0n) is 18.0. The Morgan fingerprint density at radius 3 is 2.62 bits per heavy atom. The molecule has 32 heavy (non-hydrogen) atoms. The van der Waals surface area contributed by atoms with Crippen LogP contribution >= 0.6 is 23.1 Å². The molecule has 4 aromatic rings. The molecule has 0 atom stereocenters. The SMILES string of the molecule is CC(=O)Nc1nc2c(C)cc(NC(=O)c3ccc(CSCc4ccccc4C)o3)cc2s1. The summed E-state index contributed by atoms with van der Waals surface area (Å²) in [4.78, 5) is 28.4. The molecule has 2 N–H and O–H groups in total. The monoisotopic (exact) mass is 465 g/mol. The Hall–Kier alpha value is -3.10. The Morgan fingerprint density at radius 2 is 1.84 bits per heavy atom. The standard InChI is InChI=1S/C24H23N3O3S2/c1-14-6-4-5-7-17(14)12-31-13-19-8-9-20(30-19)23(29)26-18-10-15(2)22-21(11-18)32-24(27-22)25-16(3)28/h4-11H,12-13H2,1-3H3,(H,26,29)(H,25,27,28). The van der Waals surface area contributed by atoms with E-state index in [4.69, 9.17) is 4.42 Å². The summed E-state index contributed by atoms with van der Waals surface area (Å²) in [5.41, 5.74) is 4.96. The lowest BCUT2D eigenvalue weighted by atomic mass is 10.1. The first-order chi connectivity index (χ1) is 15.4. The fourth-order valence-electron chi connectivity index (χ4n) is 3.28. The average Bonchev–Trinajstić information content (AvgIpc) is 3.36. The minimum absolute atomic E-state index is 0.166. The van der Waals surface area contributed by atoms with Crippen LogP contribution in [0.1, 0.15) is 39.9 Å². The quantitative estimate of drug-likeness (QED) is 0.342. The topological polar surface area (TPSA) is 84.2 Å². The van der Waals surface area contributed by atoms with E-state index < -0.39 is 0 Å². The maximum atomic E-state index is 12.7. The zero-order chi connectivity index (χ0) is 22.7. The smallest absolute Gasteiger partial charge is 0.291 e. The van der Waals surface area contributed by atoms with Crippen LogP contribution < -0.4 is 10.6 Å². The van der Waals surface area contributed by atoms with Crippen LogP contribution in [0.25, 0.3) is 10.2 Å². The van der Waals surface area contributed by atoms with Crippen molar-refractivity contribution >= 4 is 55.9 Å². The van der Waals surface area contributed by atoms with Gasteiger partial charge in [-0.3, -0.25) is 9.59 Å². The number of nitrogens with one attached hydrogen (secondary N) is 2. The second-order valence-electron chi connectivity index (χ2n) is 7.48. The Labute approximate surface area is 194 Å². The number of amides is 2. The summed E-state index contributed by atoms with van der Waals surface area (Å²) in [6.07, 6.45) is 0. The Kier molecular flexibility index (Phi) is 6.62. The number of rotatable bonds is 7. The van der Waals surface area contributed by atoms with Crippen molar-refractivity contribution < 1.29 is 14.0 Å². The Balaban J connectivity index is 1.39. The predicted molar refractivity (Wildman–Crippen MR) is 131 cm³/mol. The van der Waals surface area contributed by atoms with Gasteiger partial charge in [-0.1, -0.05) is 35.6 Å². The molecule has 0 saturated carbocycles. The molecule has 0 spiro atoms. The third-order valence-corrected chi connectivity index (χ3v) is 6.80. The molecule has 0 radical (unpaired) electrons. The molecule has 6 nitrogen and oxygen atoms in total. The van der Waals surface area contributed by atoms with Gasteiger partial charge in [0.25, 0.3) is 5.91 Å². The van der Waals surface area contributed by atoms with Crippen molar-refractivity contribution in [2.24, 2.45) is 0 Å². The second-order valence-corrected chi connectivity index (χ2v) is 9.50. The molecular formula is C24H23N3O3S2. The molecule has 0 aliphatic heterocycles. The highest BCUT2D eigenvalue weighted by Crippen LogP contribution is 2.31. The molecule has 0 aliphatic rings. The largest absolute Gasteiger partial charge is 0.455 e. The molecule has 8 heteroatoms. The lowest BCUT2D eigenvalue weighted by Gasteiger charge is -2.05. The third-order valence-electron chi connectivity index (χ3n) is 4.87. The van der Waals surface area contributed by atoms with Gasteiger partial charge in [-0.25, -0.2) is 4.98 Å². The van der Waals surface area contributed by atoms with Gasteiger partial charge in [0.2, 0.25) is 5.91 Å². The van der Waals surface area contributed by atoms with Crippen molar-refractivity contribution in [1.29, 1.82) is 0 Å². The number of fused-ring (bicyclic) bond motifs is 1. The van der Waals surface area contributed by atoms with Crippen molar-refractivity contribution in [3.05, 3.63) is 76.7 Å². The van der Waals surface area contributed by atoms with Gasteiger partial charge >= 0.3 is 0 Å². The number of carbonyl (C=O) groups is 2. The first-order valence-corrected chi connectivity index (χ1v) is 12.1. The van der Waals surface area contributed by atoms with E-state index in [9.17, 15) is 9.59 Å². The average molecular weight is 466 g/mol. The van der Waals surface area contributed by atoms with Crippen LogP contribution in [0, 0.1) is 13.8 Å². The maximum absolute atomic E-state index is 12.7. The fourth-order valence-corrected chi connectivity index (χ4v) is 5.31. The first kappa shape index (κ1) is 22.1. The Bertz CT molecular complexity index is 1290. The van der Waals surface area contributed by atoms with Crippen LogP contribution in [0.4, 0.5) is 10.8 Å². The summed E-state index contributed by atoms with van der Waals surface area (Å²) in [5.74, 6) is 2.16. The number of furan rings is 1.